The van der Waals surface area contributed by atoms with Gasteiger partial charge in [0.15, 0.2) is 0 Å². The topological polar surface area (TPSA) is 58.4 Å². The van der Waals surface area contributed by atoms with Crippen LogP contribution in [0.1, 0.15) is 18.0 Å². The molecule has 1 fully saturated rings. The summed E-state index contributed by atoms with van der Waals surface area (Å²) in [6.07, 6.45) is 0.895. The molecule has 0 aliphatic carbocycles. The molecule has 1 aliphatic heterocycles. The number of nitrogens with two attached hydrogens (primary N) is 1. The molecule has 1 aromatic rings. The summed E-state index contributed by atoms with van der Waals surface area (Å²) < 4.78 is 14.1. The van der Waals surface area contributed by atoms with E-state index in [9.17, 15) is 9.18 Å². The minimum absolute atomic E-state index is 0.0108. The maximum atomic E-state index is 14.1. The highest BCUT2D eigenvalue weighted by atomic mass is 35.5. The predicted molar refractivity (Wildman–Crippen MR) is 72.4 cm³/mol. The molecule has 2 rings (SSSR count). The van der Waals surface area contributed by atoms with Crippen molar-refractivity contribution in [2.75, 3.05) is 26.2 Å². The summed E-state index contributed by atoms with van der Waals surface area (Å²) in [6, 6.07) is 3.89. The molecule has 0 spiro atoms. The van der Waals surface area contributed by atoms with Gasteiger partial charge in [-0.25, -0.2) is 4.39 Å². The molecular weight excluding hydrogens is 269 g/mol. The van der Waals surface area contributed by atoms with Crippen molar-refractivity contribution in [3.63, 3.8) is 0 Å². The smallest absolute Gasteiger partial charge is 0.239 e. The largest absolute Gasteiger partial charge is 0.368 e. The first-order valence-corrected chi connectivity index (χ1v) is 6.67. The Labute approximate surface area is 116 Å². The van der Waals surface area contributed by atoms with E-state index in [1.54, 1.807) is 12.1 Å². The summed E-state index contributed by atoms with van der Waals surface area (Å²) in [5.41, 5.74) is 5.71. The van der Waals surface area contributed by atoms with Gasteiger partial charge in [0.25, 0.3) is 0 Å². The fourth-order valence-corrected chi connectivity index (χ4v) is 2.57. The Morgan fingerprint density at radius 3 is 2.95 bits per heavy atom. The van der Waals surface area contributed by atoms with E-state index < -0.39 is 17.8 Å². The van der Waals surface area contributed by atoms with Crippen molar-refractivity contribution in [1.29, 1.82) is 0 Å². The summed E-state index contributed by atoms with van der Waals surface area (Å²) in [7, 11) is 0. The van der Waals surface area contributed by atoms with Crippen molar-refractivity contribution in [2.45, 2.75) is 12.5 Å². The molecule has 19 heavy (non-hydrogen) atoms. The molecule has 1 aromatic carbocycles. The van der Waals surface area contributed by atoms with Crippen LogP contribution in [0.2, 0.25) is 5.02 Å². The van der Waals surface area contributed by atoms with Crippen molar-refractivity contribution in [3.05, 3.63) is 34.6 Å². The van der Waals surface area contributed by atoms with Crippen molar-refractivity contribution in [2.24, 2.45) is 5.73 Å². The lowest BCUT2D eigenvalue weighted by molar-refractivity contribution is -0.123. The first-order valence-electron chi connectivity index (χ1n) is 6.29. The normalized spacial score (nSPS) is 18.8. The van der Waals surface area contributed by atoms with E-state index in [0.29, 0.717) is 13.1 Å². The molecule has 1 amide bonds. The van der Waals surface area contributed by atoms with E-state index in [0.717, 1.165) is 19.5 Å². The molecule has 1 atom stereocenters. The van der Waals surface area contributed by atoms with Crippen LogP contribution >= 0.6 is 11.6 Å². The Kier molecular flexibility index (Phi) is 4.74. The summed E-state index contributed by atoms with van der Waals surface area (Å²) >= 11 is 5.78. The van der Waals surface area contributed by atoms with Gasteiger partial charge in [-0.15, -0.1) is 0 Å². The predicted octanol–water partition coefficient (Wildman–Crippen LogP) is 1.30. The SMILES string of the molecule is NC(=O)C(c1cccc(Cl)c1F)N1CCCNCC1. The first kappa shape index (κ1) is 14.2. The molecular formula is C13H17ClFN3O. The zero-order chi connectivity index (χ0) is 13.8. The molecule has 4 nitrogen and oxygen atoms in total. The molecule has 3 N–H and O–H groups in total. The van der Waals surface area contributed by atoms with Crippen molar-refractivity contribution in [3.8, 4) is 0 Å². The van der Waals surface area contributed by atoms with Gasteiger partial charge >= 0.3 is 0 Å². The van der Waals surface area contributed by atoms with Crippen LogP contribution in [-0.4, -0.2) is 37.0 Å². The zero-order valence-corrected chi connectivity index (χ0v) is 11.3. The molecule has 6 heteroatoms. The van der Waals surface area contributed by atoms with Gasteiger partial charge in [0.05, 0.1) is 5.02 Å². The lowest BCUT2D eigenvalue weighted by Gasteiger charge is -2.28. The number of amides is 1. The average molecular weight is 286 g/mol. The van der Waals surface area contributed by atoms with E-state index in [4.69, 9.17) is 17.3 Å². The Morgan fingerprint density at radius 1 is 1.42 bits per heavy atom. The Balaban J connectivity index is 2.33. The van der Waals surface area contributed by atoms with Crippen LogP contribution in [0.3, 0.4) is 0 Å². The van der Waals surface area contributed by atoms with Gasteiger partial charge in [-0.2, -0.15) is 0 Å². The third kappa shape index (κ3) is 3.23. The van der Waals surface area contributed by atoms with Crippen molar-refractivity contribution in [1.82, 2.24) is 10.2 Å². The number of hydrogen-bond donors (Lipinski definition) is 2. The Morgan fingerprint density at radius 2 is 2.21 bits per heavy atom. The maximum absolute atomic E-state index is 14.1. The summed E-state index contributed by atoms with van der Waals surface area (Å²) in [6.45, 7) is 3.00. The minimum atomic E-state index is -0.765. The molecule has 1 heterocycles. The fourth-order valence-electron chi connectivity index (χ4n) is 2.39. The second-order valence-corrected chi connectivity index (χ2v) is 4.99. The Hall–Kier alpha value is -1.17. The standard InChI is InChI=1S/C13H17ClFN3O/c14-10-4-1-3-9(11(10)15)12(13(16)19)18-7-2-5-17-6-8-18/h1,3-4,12,17H,2,5-8H2,(H2,16,19). The molecule has 0 bridgehead atoms. The Bertz CT molecular complexity index is 461. The second-order valence-electron chi connectivity index (χ2n) is 4.59. The fraction of sp³-hybridized carbons (Fsp3) is 0.462. The number of primary amides is 1. The van der Waals surface area contributed by atoms with Crippen molar-refractivity contribution >= 4 is 17.5 Å². The van der Waals surface area contributed by atoms with Crippen LogP contribution in [0.25, 0.3) is 0 Å². The molecule has 0 saturated carbocycles. The first-order chi connectivity index (χ1) is 9.11. The quantitative estimate of drug-likeness (QED) is 0.880. The van der Waals surface area contributed by atoms with E-state index in [2.05, 4.69) is 5.32 Å². The molecule has 0 radical (unpaired) electrons. The third-order valence-electron chi connectivity index (χ3n) is 3.29. The number of nitrogens with zero attached hydrogens (tertiary/aromatic N) is 1. The lowest BCUT2D eigenvalue weighted by Crippen LogP contribution is -2.40. The lowest BCUT2D eigenvalue weighted by atomic mass is 10.0. The third-order valence-corrected chi connectivity index (χ3v) is 3.58. The van der Waals surface area contributed by atoms with Crippen LogP contribution in [0.15, 0.2) is 18.2 Å². The molecule has 1 unspecified atom stereocenters. The number of carbonyl (C=O) groups is 1. The number of benzene rings is 1. The van der Waals surface area contributed by atoms with Gasteiger partial charge in [0, 0.05) is 25.2 Å². The second kappa shape index (κ2) is 6.32. The molecule has 1 aliphatic rings. The number of nitrogens with one attached hydrogen (secondary N) is 1. The highest BCUT2D eigenvalue weighted by Crippen LogP contribution is 2.27. The van der Waals surface area contributed by atoms with Gasteiger partial charge in [0.1, 0.15) is 11.9 Å². The summed E-state index contributed by atoms with van der Waals surface area (Å²) in [5, 5.41) is 3.25. The highest BCUT2D eigenvalue weighted by Gasteiger charge is 2.29. The number of hydrogen-bond acceptors (Lipinski definition) is 3. The molecule has 104 valence electrons. The summed E-state index contributed by atoms with van der Waals surface area (Å²) in [5.74, 6) is -1.12. The van der Waals surface area contributed by atoms with Crippen molar-refractivity contribution < 1.29 is 9.18 Å². The monoisotopic (exact) mass is 285 g/mol. The van der Waals surface area contributed by atoms with Gasteiger partial charge in [0.2, 0.25) is 5.91 Å². The van der Waals surface area contributed by atoms with Gasteiger partial charge in [-0.1, -0.05) is 23.7 Å². The number of carbonyl (C=O) groups excluding carboxylic acids is 1. The van der Waals surface area contributed by atoms with E-state index in [1.807, 2.05) is 4.90 Å². The van der Waals surface area contributed by atoms with Gasteiger partial charge < -0.3 is 11.1 Å². The van der Waals surface area contributed by atoms with E-state index >= 15 is 0 Å². The maximum Gasteiger partial charge on any atom is 0.239 e. The van der Waals surface area contributed by atoms with Gasteiger partial charge in [-0.05, 0) is 19.0 Å². The van der Waals surface area contributed by atoms with E-state index in [-0.39, 0.29) is 10.6 Å². The minimum Gasteiger partial charge on any atom is -0.368 e. The molecule has 1 saturated heterocycles. The van der Waals surface area contributed by atoms with Gasteiger partial charge in [-0.3, -0.25) is 9.69 Å². The molecule has 0 aromatic heterocycles. The van der Waals surface area contributed by atoms with Crippen LogP contribution in [0.5, 0.6) is 0 Å². The number of rotatable bonds is 3. The number of halogens is 2. The summed E-state index contributed by atoms with van der Waals surface area (Å²) in [4.78, 5) is 13.6. The van der Waals surface area contributed by atoms with E-state index in [1.165, 1.54) is 6.07 Å². The average Bonchev–Trinajstić information content (AvgIpc) is 2.63. The van der Waals surface area contributed by atoms with Crippen LogP contribution < -0.4 is 11.1 Å². The van der Waals surface area contributed by atoms with Crippen LogP contribution in [0.4, 0.5) is 4.39 Å². The highest BCUT2D eigenvalue weighted by molar-refractivity contribution is 6.30. The zero-order valence-electron chi connectivity index (χ0n) is 10.5. The van der Waals surface area contributed by atoms with Crippen LogP contribution in [0, 0.1) is 5.82 Å². The van der Waals surface area contributed by atoms with Crippen LogP contribution in [-0.2, 0) is 4.79 Å².